The summed E-state index contributed by atoms with van der Waals surface area (Å²) in [5, 5.41) is 9.87. The molecule has 1 N–H and O–H groups in total. The lowest BCUT2D eigenvalue weighted by atomic mass is 10.0. The molecule has 1 atom stereocenters. The first-order valence-corrected chi connectivity index (χ1v) is 6.40. The second-order valence-electron chi connectivity index (χ2n) is 4.51. The minimum absolute atomic E-state index is 0.00104. The molecule has 0 bridgehead atoms. The molecule has 1 nitrogen and oxygen atoms in total. The number of aliphatic hydroxyl groups excluding tert-OH is 1. The second-order valence-corrected chi connectivity index (χ2v) is 4.89. The summed E-state index contributed by atoms with van der Waals surface area (Å²) in [5.74, 6) is -1.95. The van der Waals surface area contributed by atoms with E-state index in [9.17, 15) is 18.3 Å². The molecule has 0 saturated carbocycles. The Bertz CT molecular complexity index is 616. The SMILES string of the molecule is OC(Cc1ccc(F)cc1F)Cc1cccc(F)c1Cl. The van der Waals surface area contributed by atoms with E-state index in [2.05, 4.69) is 0 Å². The molecule has 1 unspecified atom stereocenters. The van der Waals surface area contributed by atoms with Gasteiger partial charge in [0, 0.05) is 18.9 Å². The standard InChI is InChI=1S/C15H12ClF3O/c16-15-10(2-1-3-13(15)18)7-12(20)6-9-4-5-11(17)8-14(9)19/h1-5,8,12,20H,6-7H2. The summed E-state index contributed by atoms with van der Waals surface area (Å²) >= 11 is 5.78. The van der Waals surface area contributed by atoms with Gasteiger partial charge in [0.2, 0.25) is 0 Å². The Labute approximate surface area is 119 Å². The molecular weight excluding hydrogens is 289 g/mol. The largest absolute Gasteiger partial charge is 0.392 e. The molecule has 2 rings (SSSR count). The van der Waals surface area contributed by atoms with E-state index in [1.807, 2.05) is 0 Å². The molecule has 106 valence electrons. The van der Waals surface area contributed by atoms with Gasteiger partial charge in [-0.25, -0.2) is 13.2 Å². The monoisotopic (exact) mass is 300 g/mol. The van der Waals surface area contributed by atoms with Gasteiger partial charge in [0.05, 0.1) is 11.1 Å². The summed E-state index contributed by atoms with van der Waals surface area (Å²) in [6.07, 6.45) is -0.846. The van der Waals surface area contributed by atoms with Crippen LogP contribution in [0.2, 0.25) is 5.02 Å². The third-order valence-electron chi connectivity index (χ3n) is 2.96. The summed E-state index contributed by atoms with van der Waals surface area (Å²) < 4.78 is 39.5. The van der Waals surface area contributed by atoms with E-state index < -0.39 is 23.6 Å². The zero-order valence-corrected chi connectivity index (χ0v) is 11.2. The molecule has 0 fully saturated rings. The van der Waals surface area contributed by atoms with Crippen LogP contribution in [0, 0.1) is 17.5 Å². The normalized spacial score (nSPS) is 12.4. The molecule has 0 aliphatic rings. The predicted octanol–water partition coefficient (Wildman–Crippen LogP) is 3.90. The minimum Gasteiger partial charge on any atom is -0.392 e. The third-order valence-corrected chi connectivity index (χ3v) is 3.38. The van der Waals surface area contributed by atoms with Crippen LogP contribution in [0.1, 0.15) is 11.1 Å². The number of benzene rings is 2. The van der Waals surface area contributed by atoms with Gasteiger partial charge in [-0.1, -0.05) is 29.8 Å². The average molecular weight is 301 g/mol. The highest BCUT2D eigenvalue weighted by Gasteiger charge is 2.14. The molecule has 5 heteroatoms. The molecule has 20 heavy (non-hydrogen) atoms. The van der Waals surface area contributed by atoms with Crippen molar-refractivity contribution in [3.63, 3.8) is 0 Å². The highest BCUT2D eigenvalue weighted by molar-refractivity contribution is 6.31. The molecule has 0 spiro atoms. The Morgan fingerprint density at radius 3 is 2.35 bits per heavy atom. The number of halogens is 4. The van der Waals surface area contributed by atoms with Crippen molar-refractivity contribution in [3.05, 3.63) is 70.0 Å². The van der Waals surface area contributed by atoms with Crippen molar-refractivity contribution in [2.75, 3.05) is 0 Å². The van der Waals surface area contributed by atoms with E-state index in [0.717, 1.165) is 12.1 Å². The van der Waals surface area contributed by atoms with Gasteiger partial charge in [0.25, 0.3) is 0 Å². The number of hydrogen-bond donors (Lipinski definition) is 1. The summed E-state index contributed by atoms with van der Waals surface area (Å²) in [6.45, 7) is 0. The highest BCUT2D eigenvalue weighted by Crippen LogP contribution is 2.22. The highest BCUT2D eigenvalue weighted by atomic mass is 35.5. The maximum atomic E-state index is 13.5. The van der Waals surface area contributed by atoms with Crippen molar-refractivity contribution in [2.45, 2.75) is 18.9 Å². The summed E-state index contributed by atoms with van der Waals surface area (Å²) in [7, 11) is 0. The quantitative estimate of drug-likeness (QED) is 0.908. The maximum Gasteiger partial charge on any atom is 0.142 e. The summed E-state index contributed by atoms with van der Waals surface area (Å²) in [5.41, 5.74) is 0.646. The van der Waals surface area contributed by atoms with Gasteiger partial charge in [0.1, 0.15) is 17.5 Å². The van der Waals surface area contributed by atoms with Crippen LogP contribution in [0.15, 0.2) is 36.4 Å². The van der Waals surface area contributed by atoms with Gasteiger partial charge in [0.15, 0.2) is 0 Å². The molecule has 0 saturated heterocycles. The lowest BCUT2D eigenvalue weighted by Crippen LogP contribution is -2.15. The zero-order valence-electron chi connectivity index (χ0n) is 10.4. The number of aliphatic hydroxyl groups is 1. The Morgan fingerprint density at radius 2 is 1.65 bits per heavy atom. The third kappa shape index (κ3) is 3.52. The fraction of sp³-hybridized carbons (Fsp3) is 0.200. The van der Waals surface area contributed by atoms with Crippen LogP contribution in [0.3, 0.4) is 0 Å². The molecule has 0 aliphatic carbocycles. The fourth-order valence-electron chi connectivity index (χ4n) is 1.97. The first-order chi connectivity index (χ1) is 9.47. The molecular formula is C15H12ClF3O. The van der Waals surface area contributed by atoms with Crippen molar-refractivity contribution in [3.8, 4) is 0 Å². The maximum absolute atomic E-state index is 13.5. The van der Waals surface area contributed by atoms with Gasteiger partial charge in [-0.05, 0) is 23.3 Å². The molecule has 0 aromatic heterocycles. The lowest BCUT2D eigenvalue weighted by molar-refractivity contribution is 0.174. The van der Waals surface area contributed by atoms with Crippen LogP contribution >= 0.6 is 11.6 Å². The van der Waals surface area contributed by atoms with Crippen molar-refractivity contribution in [1.82, 2.24) is 0 Å². The molecule has 0 heterocycles. The minimum atomic E-state index is -0.936. The Balaban J connectivity index is 2.09. The van der Waals surface area contributed by atoms with Crippen LogP contribution in [0.25, 0.3) is 0 Å². The fourth-order valence-corrected chi connectivity index (χ4v) is 2.18. The first kappa shape index (κ1) is 14.9. The zero-order chi connectivity index (χ0) is 14.7. The van der Waals surface area contributed by atoms with Gasteiger partial charge in [-0.2, -0.15) is 0 Å². The van der Waals surface area contributed by atoms with Crippen LogP contribution in [-0.4, -0.2) is 11.2 Å². The molecule has 2 aromatic rings. The molecule has 0 aliphatic heterocycles. The van der Waals surface area contributed by atoms with E-state index in [0.29, 0.717) is 5.56 Å². The van der Waals surface area contributed by atoms with Crippen molar-refractivity contribution < 1.29 is 18.3 Å². The summed E-state index contributed by atoms with van der Waals surface area (Å²) in [4.78, 5) is 0. The smallest absolute Gasteiger partial charge is 0.142 e. The van der Waals surface area contributed by atoms with Gasteiger partial charge in [-0.15, -0.1) is 0 Å². The van der Waals surface area contributed by atoms with E-state index >= 15 is 0 Å². The van der Waals surface area contributed by atoms with Crippen molar-refractivity contribution in [1.29, 1.82) is 0 Å². The molecule has 0 amide bonds. The Kier molecular flexibility index (Phi) is 4.68. The molecule has 0 radical (unpaired) electrons. The lowest BCUT2D eigenvalue weighted by Gasteiger charge is -2.12. The van der Waals surface area contributed by atoms with Crippen molar-refractivity contribution in [2.24, 2.45) is 0 Å². The topological polar surface area (TPSA) is 20.2 Å². The van der Waals surface area contributed by atoms with Gasteiger partial charge in [-0.3, -0.25) is 0 Å². The van der Waals surface area contributed by atoms with Gasteiger partial charge < -0.3 is 5.11 Å². The second kappa shape index (κ2) is 6.29. The van der Waals surface area contributed by atoms with E-state index in [-0.39, 0.29) is 23.4 Å². The number of rotatable bonds is 4. The van der Waals surface area contributed by atoms with Crippen LogP contribution in [-0.2, 0) is 12.8 Å². The summed E-state index contributed by atoms with van der Waals surface area (Å²) in [6, 6.07) is 7.47. The van der Waals surface area contributed by atoms with Crippen LogP contribution in [0.4, 0.5) is 13.2 Å². The van der Waals surface area contributed by atoms with Gasteiger partial charge >= 0.3 is 0 Å². The average Bonchev–Trinajstić information content (AvgIpc) is 2.38. The number of hydrogen-bond acceptors (Lipinski definition) is 1. The Morgan fingerprint density at radius 1 is 0.950 bits per heavy atom. The molecule has 2 aromatic carbocycles. The van der Waals surface area contributed by atoms with Crippen LogP contribution < -0.4 is 0 Å². The van der Waals surface area contributed by atoms with E-state index in [1.54, 1.807) is 6.07 Å². The Hall–Kier alpha value is -1.52. The first-order valence-electron chi connectivity index (χ1n) is 6.02. The van der Waals surface area contributed by atoms with Crippen LogP contribution in [0.5, 0.6) is 0 Å². The predicted molar refractivity (Wildman–Crippen MR) is 71.2 cm³/mol. The van der Waals surface area contributed by atoms with Crippen molar-refractivity contribution >= 4 is 11.6 Å². The van der Waals surface area contributed by atoms with E-state index in [4.69, 9.17) is 11.6 Å². The van der Waals surface area contributed by atoms with E-state index in [1.165, 1.54) is 18.2 Å².